The van der Waals surface area contributed by atoms with Crippen LogP contribution in [0, 0.1) is 5.92 Å². The molecule has 3 heteroatoms. The summed E-state index contributed by atoms with van der Waals surface area (Å²) < 4.78 is 0. The second-order valence-electron chi connectivity index (χ2n) is 4.56. The van der Waals surface area contributed by atoms with Gasteiger partial charge in [-0.2, -0.15) is 0 Å². The first kappa shape index (κ1) is 12.0. The first-order chi connectivity index (χ1) is 7.75. The highest BCUT2D eigenvalue weighted by atomic mass is 32.2. The van der Waals surface area contributed by atoms with Crippen molar-refractivity contribution in [2.75, 3.05) is 25.4 Å². The molecule has 2 unspecified atom stereocenters. The van der Waals surface area contributed by atoms with E-state index < -0.39 is 0 Å². The Morgan fingerprint density at radius 3 is 2.69 bits per heavy atom. The van der Waals surface area contributed by atoms with Gasteiger partial charge in [-0.1, -0.05) is 25.1 Å². The van der Waals surface area contributed by atoms with Crippen LogP contribution in [0.3, 0.4) is 0 Å². The molecule has 1 aromatic carbocycles. The molecule has 2 N–H and O–H groups in total. The van der Waals surface area contributed by atoms with E-state index in [9.17, 15) is 0 Å². The number of rotatable bonds is 4. The zero-order chi connectivity index (χ0) is 11.4. The Bertz CT molecular complexity index is 305. The van der Waals surface area contributed by atoms with Crippen LogP contribution in [-0.4, -0.2) is 36.3 Å². The fraction of sp³-hybridized carbons (Fsp3) is 0.538. The van der Waals surface area contributed by atoms with Crippen molar-refractivity contribution >= 4 is 11.8 Å². The lowest BCUT2D eigenvalue weighted by molar-refractivity contribution is 0.348. The maximum atomic E-state index is 6.00. The molecule has 2 nitrogen and oxygen atoms in total. The zero-order valence-corrected chi connectivity index (χ0v) is 10.6. The Kier molecular flexibility index (Phi) is 4.27. The average molecular weight is 236 g/mol. The minimum Gasteiger partial charge on any atom is -0.326 e. The highest BCUT2D eigenvalue weighted by molar-refractivity contribution is 7.99. The van der Waals surface area contributed by atoms with E-state index in [-0.39, 0.29) is 0 Å². The highest BCUT2D eigenvalue weighted by Crippen LogP contribution is 2.19. The quantitative estimate of drug-likeness (QED) is 0.811. The van der Waals surface area contributed by atoms with Crippen molar-refractivity contribution < 1.29 is 0 Å². The van der Waals surface area contributed by atoms with E-state index in [0.29, 0.717) is 12.0 Å². The largest absolute Gasteiger partial charge is 0.326 e. The van der Waals surface area contributed by atoms with Gasteiger partial charge in [-0.3, -0.25) is 0 Å². The maximum absolute atomic E-state index is 6.00. The van der Waals surface area contributed by atoms with Gasteiger partial charge in [0.05, 0.1) is 0 Å². The van der Waals surface area contributed by atoms with Crippen LogP contribution in [0.1, 0.15) is 6.92 Å². The molecule has 16 heavy (non-hydrogen) atoms. The van der Waals surface area contributed by atoms with Gasteiger partial charge in [-0.05, 0) is 18.1 Å². The third kappa shape index (κ3) is 3.24. The molecule has 0 spiro atoms. The number of nitrogens with zero attached hydrogens (tertiary/aromatic N) is 1. The molecular weight excluding hydrogens is 216 g/mol. The molecule has 0 bridgehead atoms. The third-order valence-corrected chi connectivity index (χ3v) is 4.16. The van der Waals surface area contributed by atoms with E-state index in [1.54, 1.807) is 0 Å². The van der Waals surface area contributed by atoms with E-state index in [4.69, 9.17) is 5.73 Å². The van der Waals surface area contributed by atoms with Crippen molar-refractivity contribution in [2.45, 2.75) is 17.9 Å². The van der Waals surface area contributed by atoms with E-state index in [2.05, 4.69) is 42.2 Å². The van der Waals surface area contributed by atoms with Crippen LogP contribution in [0.25, 0.3) is 0 Å². The van der Waals surface area contributed by atoms with E-state index in [1.807, 2.05) is 11.8 Å². The predicted octanol–water partition coefficient (Wildman–Crippen LogP) is 2.06. The lowest BCUT2D eigenvalue weighted by Crippen LogP contribution is -2.29. The van der Waals surface area contributed by atoms with Crippen molar-refractivity contribution in [3.63, 3.8) is 0 Å². The lowest BCUT2D eigenvalue weighted by Gasteiger charge is -2.14. The molecule has 88 valence electrons. The SMILES string of the molecule is CC1CN(CCSc2ccccc2)CC1N. The summed E-state index contributed by atoms with van der Waals surface area (Å²) in [4.78, 5) is 3.84. The summed E-state index contributed by atoms with van der Waals surface area (Å²) in [5, 5.41) is 0. The molecule has 0 radical (unpaired) electrons. The minimum atomic E-state index is 0.377. The summed E-state index contributed by atoms with van der Waals surface area (Å²) in [6.45, 7) is 5.62. The summed E-state index contributed by atoms with van der Waals surface area (Å²) in [5.74, 6) is 1.81. The smallest absolute Gasteiger partial charge is 0.0206 e. The van der Waals surface area contributed by atoms with E-state index in [0.717, 1.165) is 25.4 Å². The predicted molar refractivity (Wildman–Crippen MR) is 70.7 cm³/mol. The van der Waals surface area contributed by atoms with Gasteiger partial charge >= 0.3 is 0 Å². The Morgan fingerprint density at radius 1 is 1.31 bits per heavy atom. The number of hydrogen-bond donors (Lipinski definition) is 1. The van der Waals surface area contributed by atoms with Crippen LogP contribution in [0.2, 0.25) is 0 Å². The number of likely N-dealkylation sites (tertiary alicyclic amines) is 1. The number of nitrogens with two attached hydrogens (primary N) is 1. The molecule has 0 aliphatic carbocycles. The highest BCUT2D eigenvalue weighted by Gasteiger charge is 2.25. The molecule has 1 aliphatic heterocycles. The first-order valence-electron chi connectivity index (χ1n) is 5.91. The molecule has 2 rings (SSSR count). The molecule has 0 saturated carbocycles. The van der Waals surface area contributed by atoms with Gasteiger partial charge in [0, 0.05) is 36.3 Å². The normalized spacial score (nSPS) is 26.1. The summed E-state index contributed by atoms with van der Waals surface area (Å²) in [6.07, 6.45) is 0. The summed E-state index contributed by atoms with van der Waals surface area (Å²) >= 11 is 1.93. The average Bonchev–Trinajstić information content (AvgIpc) is 2.60. The van der Waals surface area contributed by atoms with Gasteiger partial charge in [0.25, 0.3) is 0 Å². The molecular formula is C13H20N2S. The van der Waals surface area contributed by atoms with Crippen LogP contribution in [-0.2, 0) is 0 Å². The summed E-state index contributed by atoms with van der Waals surface area (Å²) in [7, 11) is 0. The van der Waals surface area contributed by atoms with Crippen LogP contribution in [0.4, 0.5) is 0 Å². The molecule has 2 atom stereocenters. The Labute approximate surface area is 102 Å². The van der Waals surface area contributed by atoms with Crippen LogP contribution in [0.5, 0.6) is 0 Å². The first-order valence-corrected chi connectivity index (χ1v) is 6.90. The molecule has 0 aromatic heterocycles. The van der Waals surface area contributed by atoms with Gasteiger partial charge in [-0.15, -0.1) is 11.8 Å². The Hall–Kier alpha value is -0.510. The van der Waals surface area contributed by atoms with Gasteiger partial charge in [0.2, 0.25) is 0 Å². The van der Waals surface area contributed by atoms with Gasteiger partial charge in [0.1, 0.15) is 0 Å². The molecule has 0 amide bonds. The second-order valence-corrected chi connectivity index (χ2v) is 5.73. The van der Waals surface area contributed by atoms with Crippen LogP contribution >= 0.6 is 11.8 Å². The molecule has 1 fully saturated rings. The molecule has 1 aromatic rings. The minimum absolute atomic E-state index is 0.377. The topological polar surface area (TPSA) is 29.3 Å². The Morgan fingerprint density at radius 2 is 2.06 bits per heavy atom. The lowest BCUT2D eigenvalue weighted by atomic mass is 10.1. The number of hydrogen-bond acceptors (Lipinski definition) is 3. The number of benzene rings is 1. The van der Waals surface area contributed by atoms with Gasteiger partial charge < -0.3 is 10.6 Å². The standard InChI is InChI=1S/C13H20N2S/c1-11-9-15(10-13(11)14)7-8-16-12-5-3-2-4-6-12/h2-6,11,13H,7-10,14H2,1H3. The fourth-order valence-electron chi connectivity index (χ4n) is 2.09. The maximum Gasteiger partial charge on any atom is 0.0206 e. The Balaban J connectivity index is 1.69. The van der Waals surface area contributed by atoms with E-state index >= 15 is 0 Å². The third-order valence-electron chi connectivity index (χ3n) is 3.17. The zero-order valence-electron chi connectivity index (χ0n) is 9.80. The van der Waals surface area contributed by atoms with Crippen molar-refractivity contribution in [3.8, 4) is 0 Å². The van der Waals surface area contributed by atoms with Gasteiger partial charge in [-0.25, -0.2) is 0 Å². The fourth-order valence-corrected chi connectivity index (χ4v) is 3.02. The van der Waals surface area contributed by atoms with Crippen molar-refractivity contribution in [2.24, 2.45) is 11.7 Å². The van der Waals surface area contributed by atoms with Crippen LogP contribution < -0.4 is 5.73 Å². The molecule has 1 saturated heterocycles. The van der Waals surface area contributed by atoms with Crippen molar-refractivity contribution in [1.29, 1.82) is 0 Å². The molecule has 1 heterocycles. The second kappa shape index (κ2) is 5.71. The number of thioether (sulfide) groups is 1. The summed E-state index contributed by atoms with van der Waals surface area (Å²) in [5.41, 5.74) is 6.00. The molecule has 1 aliphatic rings. The van der Waals surface area contributed by atoms with Crippen molar-refractivity contribution in [3.05, 3.63) is 30.3 Å². The summed E-state index contributed by atoms with van der Waals surface area (Å²) in [6, 6.07) is 11.0. The van der Waals surface area contributed by atoms with E-state index in [1.165, 1.54) is 4.90 Å². The monoisotopic (exact) mass is 236 g/mol. The van der Waals surface area contributed by atoms with Gasteiger partial charge in [0.15, 0.2) is 0 Å². The van der Waals surface area contributed by atoms with Crippen molar-refractivity contribution in [1.82, 2.24) is 4.90 Å². The van der Waals surface area contributed by atoms with Crippen LogP contribution in [0.15, 0.2) is 35.2 Å².